The number of nitrogens with zero attached hydrogens (tertiary/aromatic N) is 3. The fourth-order valence-electron chi connectivity index (χ4n) is 5.72. The number of aliphatic hydroxyl groups excluding tert-OH is 1. The zero-order valence-electron chi connectivity index (χ0n) is 18.0. The second-order valence-corrected chi connectivity index (χ2v) is 10.4. The molecule has 0 spiro atoms. The van der Waals surface area contributed by atoms with E-state index in [4.69, 9.17) is 10.5 Å². The predicted molar refractivity (Wildman–Crippen MR) is 120 cm³/mol. The molecular formula is C23H32N4O3S. The molecule has 1 amide bonds. The molecule has 2 atom stereocenters. The number of fused-ring (bicyclic) bond motifs is 3. The molecule has 2 aromatic heterocycles. The fourth-order valence-corrected chi connectivity index (χ4v) is 6.95. The van der Waals surface area contributed by atoms with Gasteiger partial charge in [0.15, 0.2) is 0 Å². The molecular weight excluding hydrogens is 412 g/mol. The highest BCUT2D eigenvalue weighted by molar-refractivity contribution is 7.19. The number of carbonyl (C=O) groups excluding carboxylic acids is 1. The van der Waals surface area contributed by atoms with Crippen LogP contribution in [0.3, 0.4) is 0 Å². The third-order valence-corrected chi connectivity index (χ3v) is 8.53. The zero-order valence-corrected chi connectivity index (χ0v) is 18.8. The molecule has 2 aliphatic carbocycles. The number of hydrogen-bond acceptors (Lipinski definition) is 7. The van der Waals surface area contributed by atoms with Crippen LogP contribution in [-0.4, -0.2) is 57.2 Å². The summed E-state index contributed by atoms with van der Waals surface area (Å²) in [6.07, 6.45) is 11.4. The van der Waals surface area contributed by atoms with Gasteiger partial charge in [-0.1, -0.05) is 6.42 Å². The second kappa shape index (κ2) is 9.00. The van der Waals surface area contributed by atoms with Crippen molar-refractivity contribution < 1.29 is 14.6 Å². The van der Waals surface area contributed by atoms with Crippen LogP contribution in [0.2, 0.25) is 0 Å². The maximum absolute atomic E-state index is 11.4. The largest absolute Gasteiger partial charge is 0.474 e. The average molecular weight is 445 g/mol. The third kappa shape index (κ3) is 4.30. The van der Waals surface area contributed by atoms with Crippen LogP contribution in [0.4, 0.5) is 0 Å². The molecule has 31 heavy (non-hydrogen) atoms. The van der Waals surface area contributed by atoms with Gasteiger partial charge in [-0.2, -0.15) is 0 Å². The summed E-state index contributed by atoms with van der Waals surface area (Å²) in [7, 11) is 0. The Morgan fingerprint density at radius 3 is 2.71 bits per heavy atom. The first-order valence-corrected chi connectivity index (χ1v) is 12.6. The number of primary amides is 1. The number of carbonyl (C=O) groups is 1. The van der Waals surface area contributed by atoms with Gasteiger partial charge in [-0.3, -0.25) is 4.79 Å². The maximum Gasteiger partial charge on any atom is 0.246 e. The lowest BCUT2D eigenvalue weighted by Crippen LogP contribution is -2.42. The summed E-state index contributed by atoms with van der Waals surface area (Å²) < 4.78 is 6.47. The summed E-state index contributed by atoms with van der Waals surface area (Å²) in [5.74, 6) is 0.102. The third-order valence-electron chi connectivity index (χ3n) is 7.36. The number of ether oxygens (including phenoxy) is 1. The number of amides is 1. The van der Waals surface area contributed by atoms with Crippen LogP contribution in [0, 0.1) is 0 Å². The molecule has 1 aliphatic heterocycles. The van der Waals surface area contributed by atoms with E-state index in [1.54, 1.807) is 17.7 Å². The Morgan fingerprint density at radius 1 is 1.19 bits per heavy atom. The lowest BCUT2D eigenvalue weighted by atomic mass is 9.90. The van der Waals surface area contributed by atoms with Crippen LogP contribution in [0.15, 0.2) is 6.33 Å². The van der Waals surface area contributed by atoms with E-state index in [1.165, 1.54) is 50.1 Å². The normalized spacial score (nSPS) is 27.8. The van der Waals surface area contributed by atoms with Crippen molar-refractivity contribution in [1.82, 2.24) is 14.9 Å². The number of thiophene rings is 1. The first kappa shape index (κ1) is 21.1. The molecule has 168 valence electrons. The second-order valence-electron chi connectivity index (χ2n) is 9.33. The minimum atomic E-state index is -1.12. The summed E-state index contributed by atoms with van der Waals surface area (Å²) >= 11 is 1.69. The van der Waals surface area contributed by atoms with Crippen LogP contribution in [-0.2, 0) is 11.2 Å². The van der Waals surface area contributed by atoms with Gasteiger partial charge in [-0.05, 0) is 82.4 Å². The van der Waals surface area contributed by atoms with Gasteiger partial charge < -0.3 is 20.5 Å². The van der Waals surface area contributed by atoms with Crippen LogP contribution < -0.4 is 10.5 Å². The van der Waals surface area contributed by atoms with Crippen LogP contribution >= 0.6 is 11.3 Å². The Morgan fingerprint density at radius 2 is 1.97 bits per heavy atom. The molecule has 0 aromatic carbocycles. The van der Waals surface area contributed by atoms with Crippen molar-refractivity contribution in [3.63, 3.8) is 0 Å². The summed E-state index contributed by atoms with van der Waals surface area (Å²) in [5.41, 5.74) is 6.47. The van der Waals surface area contributed by atoms with Crippen molar-refractivity contribution in [3.8, 4) is 5.88 Å². The molecule has 3 heterocycles. The van der Waals surface area contributed by atoms with E-state index < -0.39 is 12.0 Å². The van der Waals surface area contributed by atoms with Gasteiger partial charge in [0, 0.05) is 10.9 Å². The quantitative estimate of drug-likeness (QED) is 0.710. The van der Waals surface area contributed by atoms with E-state index in [1.807, 2.05) is 0 Å². The van der Waals surface area contributed by atoms with Crippen molar-refractivity contribution in [2.45, 2.75) is 88.4 Å². The standard InChI is InChI=1S/C23H32N4O3S/c24-21(29)17(28)12-14-4-9-18-19(14)20-22(25-13-26-23(20)31-18)30-16-7-5-15(6-8-16)27-10-2-1-3-11-27/h13-17,28H,1-12H2,(H2,24,29)/t14-,15?,16?,17?/m1/s1. The number of likely N-dealkylation sites (tertiary alicyclic amines) is 1. The van der Waals surface area contributed by atoms with Crippen LogP contribution in [0.5, 0.6) is 5.88 Å². The smallest absolute Gasteiger partial charge is 0.246 e. The lowest BCUT2D eigenvalue weighted by Gasteiger charge is -2.38. The van der Waals surface area contributed by atoms with Crippen molar-refractivity contribution in [2.24, 2.45) is 5.73 Å². The number of aliphatic hydroxyl groups is 1. The SMILES string of the molecule is NC(=O)C(O)C[C@H]1CCc2sc3ncnc(OC4CCC(N5CCCCC5)CC4)c3c21. The molecule has 8 heteroatoms. The average Bonchev–Trinajstić information content (AvgIpc) is 3.35. The van der Waals surface area contributed by atoms with Gasteiger partial charge in [-0.25, -0.2) is 9.97 Å². The molecule has 0 bridgehead atoms. The highest BCUT2D eigenvalue weighted by atomic mass is 32.1. The van der Waals surface area contributed by atoms with E-state index in [9.17, 15) is 9.90 Å². The Labute approximate surface area is 187 Å². The number of nitrogens with two attached hydrogens (primary N) is 1. The van der Waals surface area contributed by atoms with Crippen molar-refractivity contribution in [1.29, 1.82) is 0 Å². The Bertz CT molecular complexity index is 934. The highest BCUT2D eigenvalue weighted by Gasteiger charge is 2.34. The van der Waals surface area contributed by atoms with Gasteiger partial charge in [0.05, 0.1) is 5.39 Å². The summed E-state index contributed by atoms with van der Waals surface area (Å²) in [6.45, 7) is 2.50. The molecule has 0 radical (unpaired) electrons. The number of hydrogen-bond donors (Lipinski definition) is 2. The Hall–Kier alpha value is -1.77. The molecule has 3 aliphatic rings. The number of aromatic nitrogens is 2. The van der Waals surface area contributed by atoms with Crippen molar-refractivity contribution >= 4 is 27.5 Å². The first-order valence-electron chi connectivity index (χ1n) is 11.7. The van der Waals surface area contributed by atoms with Crippen molar-refractivity contribution in [2.75, 3.05) is 13.1 Å². The molecule has 7 nitrogen and oxygen atoms in total. The maximum atomic E-state index is 11.4. The molecule has 2 aromatic rings. The molecule has 1 saturated heterocycles. The Kier molecular flexibility index (Phi) is 6.12. The monoisotopic (exact) mass is 444 g/mol. The van der Waals surface area contributed by atoms with Crippen LogP contribution in [0.1, 0.15) is 74.1 Å². The van der Waals surface area contributed by atoms with Gasteiger partial charge in [0.25, 0.3) is 0 Å². The summed E-state index contributed by atoms with van der Waals surface area (Å²) in [5, 5.41) is 11.0. The Balaban J connectivity index is 1.31. The summed E-state index contributed by atoms with van der Waals surface area (Å²) in [4.78, 5) is 25.3. The van der Waals surface area contributed by atoms with Gasteiger partial charge >= 0.3 is 0 Å². The number of aryl methyl sites for hydroxylation is 1. The molecule has 1 unspecified atom stereocenters. The predicted octanol–water partition coefficient (Wildman–Crippen LogP) is 3.13. The van der Waals surface area contributed by atoms with Gasteiger partial charge in [0.1, 0.15) is 23.4 Å². The first-order chi connectivity index (χ1) is 15.1. The van der Waals surface area contributed by atoms with Crippen LogP contribution in [0.25, 0.3) is 10.2 Å². The molecule has 2 fully saturated rings. The highest BCUT2D eigenvalue weighted by Crippen LogP contribution is 2.47. The zero-order chi connectivity index (χ0) is 21.4. The topological polar surface area (TPSA) is 102 Å². The van der Waals surface area contributed by atoms with Gasteiger partial charge in [0.2, 0.25) is 11.8 Å². The number of rotatable bonds is 6. The lowest BCUT2D eigenvalue weighted by molar-refractivity contribution is -0.126. The number of piperidine rings is 1. The fraction of sp³-hybridized carbons (Fsp3) is 0.696. The minimum Gasteiger partial charge on any atom is -0.474 e. The summed E-state index contributed by atoms with van der Waals surface area (Å²) in [6, 6.07) is 0.704. The van der Waals surface area contributed by atoms with E-state index in [-0.39, 0.29) is 12.0 Å². The van der Waals surface area contributed by atoms with E-state index in [0.29, 0.717) is 18.3 Å². The molecule has 1 saturated carbocycles. The van der Waals surface area contributed by atoms with E-state index in [2.05, 4.69) is 14.9 Å². The van der Waals surface area contributed by atoms with Crippen molar-refractivity contribution in [3.05, 3.63) is 16.8 Å². The minimum absolute atomic E-state index is 0.0921. The molecule has 3 N–H and O–H groups in total. The van der Waals surface area contributed by atoms with Gasteiger partial charge in [-0.15, -0.1) is 11.3 Å². The van der Waals surface area contributed by atoms with E-state index in [0.717, 1.165) is 41.5 Å². The molecule has 5 rings (SSSR count). The van der Waals surface area contributed by atoms with E-state index >= 15 is 0 Å².